The van der Waals surface area contributed by atoms with Crippen molar-refractivity contribution >= 4 is 33.3 Å². The van der Waals surface area contributed by atoms with E-state index in [9.17, 15) is 9.90 Å². The Kier molecular flexibility index (Phi) is 5.85. The fraction of sp³-hybridized carbons (Fsp3) is 0.136. The van der Waals surface area contributed by atoms with Gasteiger partial charge in [0, 0.05) is 5.56 Å². The van der Waals surface area contributed by atoms with Crippen LogP contribution in [0.5, 0.6) is 11.5 Å². The molecule has 0 saturated carbocycles. The summed E-state index contributed by atoms with van der Waals surface area (Å²) in [6.07, 6.45) is 1.33. The first kappa shape index (κ1) is 20.4. The summed E-state index contributed by atoms with van der Waals surface area (Å²) in [5.74, 6) is 0.0477. The van der Waals surface area contributed by atoms with Gasteiger partial charge in [-0.2, -0.15) is 5.11 Å². The van der Waals surface area contributed by atoms with E-state index in [1.54, 1.807) is 18.2 Å². The first-order valence-electron chi connectivity index (χ1n) is 9.47. The van der Waals surface area contributed by atoms with Crippen molar-refractivity contribution in [2.75, 3.05) is 6.61 Å². The number of hydrogen-bond donors (Lipinski definition) is 2. The standard InChI is InChI=1S/C22H18N4O4S/c1-2-30-16-9-4-3-8-15(16)19-18(27)17-20(31-19)21(24-12-23-17)26-25-11-13-6-5-7-14(10-13)22(28)29/h3-10,12,27H,2,11H2,1H3,(H,28,29). The average molecular weight is 434 g/mol. The number of carboxylic acids is 1. The van der Waals surface area contributed by atoms with Gasteiger partial charge in [-0.05, 0) is 36.8 Å². The number of rotatable bonds is 7. The molecule has 0 radical (unpaired) electrons. The summed E-state index contributed by atoms with van der Waals surface area (Å²) in [6, 6.07) is 14.0. The van der Waals surface area contributed by atoms with Gasteiger partial charge in [-0.1, -0.05) is 24.3 Å². The van der Waals surface area contributed by atoms with Crippen molar-refractivity contribution < 1.29 is 19.7 Å². The van der Waals surface area contributed by atoms with Gasteiger partial charge in [0.1, 0.15) is 22.3 Å². The Morgan fingerprint density at radius 3 is 2.81 bits per heavy atom. The molecule has 0 aliphatic heterocycles. The number of azo groups is 1. The molecule has 31 heavy (non-hydrogen) atoms. The molecule has 0 aliphatic carbocycles. The lowest BCUT2D eigenvalue weighted by Gasteiger charge is -2.08. The summed E-state index contributed by atoms with van der Waals surface area (Å²) >= 11 is 1.31. The van der Waals surface area contributed by atoms with Crippen LogP contribution in [-0.2, 0) is 6.54 Å². The summed E-state index contributed by atoms with van der Waals surface area (Å²) in [6.45, 7) is 2.60. The second-order valence-electron chi connectivity index (χ2n) is 6.49. The first-order chi connectivity index (χ1) is 15.1. The number of aromatic hydroxyl groups is 1. The van der Waals surface area contributed by atoms with E-state index in [-0.39, 0.29) is 17.9 Å². The van der Waals surface area contributed by atoms with Crippen molar-refractivity contribution in [3.05, 3.63) is 66.0 Å². The highest BCUT2D eigenvalue weighted by atomic mass is 32.1. The molecule has 2 aromatic heterocycles. The predicted octanol–water partition coefficient (Wildman–Crippen LogP) is 5.44. The molecule has 2 heterocycles. The lowest BCUT2D eigenvalue weighted by molar-refractivity contribution is 0.0696. The zero-order valence-corrected chi connectivity index (χ0v) is 17.3. The van der Waals surface area contributed by atoms with Crippen LogP contribution in [0, 0.1) is 0 Å². The number of aromatic carboxylic acids is 1. The molecule has 0 saturated heterocycles. The Hall–Kier alpha value is -3.85. The Morgan fingerprint density at radius 2 is 2.00 bits per heavy atom. The van der Waals surface area contributed by atoms with Crippen molar-refractivity contribution in [3.63, 3.8) is 0 Å². The molecule has 4 rings (SSSR count). The minimum absolute atomic E-state index is 0.0418. The molecule has 0 atom stereocenters. The number of ether oxygens (including phenoxy) is 1. The van der Waals surface area contributed by atoms with Gasteiger partial charge in [-0.15, -0.1) is 16.5 Å². The zero-order chi connectivity index (χ0) is 21.8. The van der Waals surface area contributed by atoms with E-state index in [1.165, 1.54) is 23.7 Å². The first-order valence-corrected chi connectivity index (χ1v) is 10.3. The highest BCUT2D eigenvalue weighted by Crippen LogP contribution is 2.47. The van der Waals surface area contributed by atoms with Crippen LogP contribution in [0.25, 0.3) is 20.7 Å². The number of carboxylic acid groups (broad SMARTS) is 1. The maximum atomic E-state index is 11.1. The lowest BCUT2D eigenvalue weighted by atomic mass is 10.1. The Bertz CT molecular complexity index is 1290. The quantitative estimate of drug-likeness (QED) is 0.374. The summed E-state index contributed by atoms with van der Waals surface area (Å²) in [4.78, 5) is 20.1. The van der Waals surface area contributed by atoms with Crippen LogP contribution in [0.4, 0.5) is 5.82 Å². The van der Waals surface area contributed by atoms with Gasteiger partial charge in [-0.3, -0.25) is 0 Å². The number of benzene rings is 2. The van der Waals surface area contributed by atoms with Crippen LogP contribution in [0.3, 0.4) is 0 Å². The fourth-order valence-electron chi connectivity index (χ4n) is 3.06. The third kappa shape index (κ3) is 4.22. The normalized spacial score (nSPS) is 11.3. The van der Waals surface area contributed by atoms with Crippen molar-refractivity contribution in [1.29, 1.82) is 0 Å². The summed E-state index contributed by atoms with van der Waals surface area (Å²) in [5.41, 5.74) is 2.06. The van der Waals surface area contributed by atoms with Gasteiger partial charge < -0.3 is 14.9 Å². The largest absolute Gasteiger partial charge is 0.504 e. The van der Waals surface area contributed by atoms with Crippen molar-refractivity contribution in [1.82, 2.24) is 9.97 Å². The van der Waals surface area contributed by atoms with Gasteiger partial charge in [0.25, 0.3) is 0 Å². The molecular weight excluding hydrogens is 416 g/mol. The molecular formula is C22H18N4O4S. The number of carbonyl (C=O) groups is 1. The molecule has 0 unspecified atom stereocenters. The number of para-hydroxylation sites is 1. The Balaban J connectivity index is 1.68. The Morgan fingerprint density at radius 1 is 1.16 bits per heavy atom. The van der Waals surface area contributed by atoms with Crippen LogP contribution in [0.15, 0.2) is 65.1 Å². The van der Waals surface area contributed by atoms with Crippen molar-refractivity contribution in [2.45, 2.75) is 13.5 Å². The maximum absolute atomic E-state index is 11.1. The molecule has 2 aromatic carbocycles. The second kappa shape index (κ2) is 8.88. The predicted molar refractivity (Wildman–Crippen MR) is 117 cm³/mol. The molecule has 9 heteroatoms. The number of fused-ring (bicyclic) bond motifs is 1. The van der Waals surface area contributed by atoms with Gasteiger partial charge >= 0.3 is 5.97 Å². The SMILES string of the molecule is CCOc1ccccc1-c1sc2c(N=NCc3cccc(C(=O)O)c3)ncnc2c1O. The number of nitrogens with zero attached hydrogens (tertiary/aromatic N) is 4. The molecule has 0 aliphatic rings. The van der Waals surface area contributed by atoms with E-state index in [0.29, 0.717) is 38.8 Å². The van der Waals surface area contributed by atoms with E-state index in [1.807, 2.05) is 31.2 Å². The van der Waals surface area contributed by atoms with Crippen LogP contribution in [0.2, 0.25) is 0 Å². The lowest BCUT2D eigenvalue weighted by Crippen LogP contribution is -1.96. The number of thiophene rings is 1. The fourth-order valence-corrected chi connectivity index (χ4v) is 4.17. The highest BCUT2D eigenvalue weighted by Gasteiger charge is 2.20. The average Bonchev–Trinajstić information content (AvgIpc) is 3.12. The van der Waals surface area contributed by atoms with Crippen LogP contribution >= 0.6 is 11.3 Å². The van der Waals surface area contributed by atoms with E-state index in [2.05, 4.69) is 20.2 Å². The number of aromatic nitrogens is 2. The summed E-state index contributed by atoms with van der Waals surface area (Å²) < 4.78 is 6.29. The number of hydrogen-bond acceptors (Lipinski definition) is 8. The second-order valence-corrected chi connectivity index (χ2v) is 7.51. The molecule has 0 spiro atoms. The van der Waals surface area contributed by atoms with E-state index in [4.69, 9.17) is 9.84 Å². The van der Waals surface area contributed by atoms with Crippen molar-refractivity contribution in [2.24, 2.45) is 10.2 Å². The van der Waals surface area contributed by atoms with Gasteiger partial charge in [0.05, 0.1) is 23.6 Å². The highest BCUT2D eigenvalue weighted by molar-refractivity contribution is 7.23. The zero-order valence-electron chi connectivity index (χ0n) is 16.5. The molecule has 0 fully saturated rings. The monoisotopic (exact) mass is 434 g/mol. The van der Waals surface area contributed by atoms with Gasteiger partial charge in [-0.25, -0.2) is 14.8 Å². The third-order valence-corrected chi connectivity index (χ3v) is 5.65. The topological polar surface area (TPSA) is 117 Å². The molecule has 8 nitrogen and oxygen atoms in total. The van der Waals surface area contributed by atoms with Gasteiger partial charge in [0.2, 0.25) is 0 Å². The molecule has 2 N–H and O–H groups in total. The smallest absolute Gasteiger partial charge is 0.335 e. The van der Waals surface area contributed by atoms with Crippen LogP contribution in [-0.4, -0.2) is 32.8 Å². The summed E-state index contributed by atoms with van der Waals surface area (Å²) in [5, 5.41) is 28.3. The van der Waals surface area contributed by atoms with Gasteiger partial charge in [0.15, 0.2) is 11.6 Å². The maximum Gasteiger partial charge on any atom is 0.335 e. The molecule has 0 amide bonds. The third-order valence-electron chi connectivity index (χ3n) is 4.45. The van der Waals surface area contributed by atoms with Crippen LogP contribution < -0.4 is 4.74 Å². The molecule has 0 bridgehead atoms. The van der Waals surface area contributed by atoms with E-state index in [0.717, 1.165) is 5.56 Å². The van der Waals surface area contributed by atoms with E-state index >= 15 is 0 Å². The minimum Gasteiger partial charge on any atom is -0.504 e. The molecule has 156 valence electrons. The minimum atomic E-state index is -0.995. The van der Waals surface area contributed by atoms with Crippen molar-refractivity contribution in [3.8, 4) is 21.9 Å². The van der Waals surface area contributed by atoms with Crippen LogP contribution in [0.1, 0.15) is 22.8 Å². The summed E-state index contributed by atoms with van der Waals surface area (Å²) in [7, 11) is 0. The van der Waals surface area contributed by atoms with E-state index < -0.39 is 5.97 Å². The Labute approximate surface area is 181 Å². The molecule has 4 aromatic rings.